The summed E-state index contributed by atoms with van der Waals surface area (Å²) in [6, 6.07) is 7.68. The van der Waals surface area contributed by atoms with Crippen LogP contribution in [0.5, 0.6) is 0 Å². The van der Waals surface area contributed by atoms with Gasteiger partial charge in [0.05, 0.1) is 0 Å². The van der Waals surface area contributed by atoms with Crippen molar-refractivity contribution in [1.82, 2.24) is 4.90 Å². The zero-order valence-corrected chi connectivity index (χ0v) is 12.7. The van der Waals surface area contributed by atoms with E-state index in [0.29, 0.717) is 13.0 Å². The van der Waals surface area contributed by atoms with Gasteiger partial charge in [0.1, 0.15) is 0 Å². The maximum absolute atomic E-state index is 11.9. The van der Waals surface area contributed by atoms with Gasteiger partial charge in [0.15, 0.2) is 0 Å². The number of carbonyl (C=O) groups excluding carboxylic acids is 1. The van der Waals surface area contributed by atoms with Gasteiger partial charge in [-0.25, -0.2) is 0 Å². The van der Waals surface area contributed by atoms with Gasteiger partial charge in [0.2, 0.25) is 5.91 Å². The first kappa shape index (κ1) is 16.7. The number of nitrogens with zero attached hydrogens (tertiary/aromatic N) is 1. The molecule has 0 radical (unpaired) electrons. The van der Waals surface area contributed by atoms with Crippen LogP contribution in [0, 0.1) is 0 Å². The molecule has 20 heavy (non-hydrogen) atoms. The highest BCUT2D eigenvalue weighted by atomic mass is 16.1. The summed E-state index contributed by atoms with van der Waals surface area (Å²) < 4.78 is 0. The molecular weight excluding hydrogens is 250 g/mol. The normalized spacial score (nSPS) is 10.8. The van der Waals surface area contributed by atoms with Crippen LogP contribution in [0.1, 0.15) is 38.2 Å². The molecule has 4 heteroatoms. The van der Waals surface area contributed by atoms with Gasteiger partial charge in [-0.1, -0.05) is 31.5 Å². The predicted octanol–water partition coefficient (Wildman–Crippen LogP) is 2.60. The Balaban J connectivity index is 2.30. The Bertz CT molecular complexity index is 406. The van der Waals surface area contributed by atoms with Crippen LogP contribution < -0.4 is 11.1 Å². The summed E-state index contributed by atoms with van der Waals surface area (Å²) in [4.78, 5) is 14.2. The number of anilines is 1. The molecule has 1 rings (SSSR count). The molecule has 0 aliphatic heterocycles. The largest absolute Gasteiger partial charge is 0.326 e. The number of carbonyl (C=O) groups is 1. The van der Waals surface area contributed by atoms with Gasteiger partial charge in [-0.15, -0.1) is 0 Å². The van der Waals surface area contributed by atoms with Crippen LogP contribution in [0.25, 0.3) is 0 Å². The summed E-state index contributed by atoms with van der Waals surface area (Å²) in [5.74, 6) is 0.0646. The summed E-state index contributed by atoms with van der Waals surface area (Å²) in [5.41, 5.74) is 7.46. The van der Waals surface area contributed by atoms with Gasteiger partial charge in [-0.3, -0.25) is 4.79 Å². The van der Waals surface area contributed by atoms with Crippen molar-refractivity contribution in [3.05, 3.63) is 29.8 Å². The maximum atomic E-state index is 11.9. The Morgan fingerprint density at radius 3 is 2.65 bits per heavy atom. The average molecular weight is 277 g/mol. The molecule has 3 N–H and O–H groups in total. The number of nitrogens with two attached hydrogens (primary N) is 1. The Labute approximate surface area is 122 Å². The maximum Gasteiger partial charge on any atom is 0.224 e. The van der Waals surface area contributed by atoms with Crippen molar-refractivity contribution in [2.24, 2.45) is 5.73 Å². The third-order valence-electron chi connectivity index (χ3n) is 3.35. The van der Waals surface area contributed by atoms with Crippen molar-refractivity contribution in [3.63, 3.8) is 0 Å². The smallest absolute Gasteiger partial charge is 0.224 e. The van der Waals surface area contributed by atoms with Crippen molar-refractivity contribution in [1.29, 1.82) is 0 Å². The lowest BCUT2D eigenvalue weighted by Crippen LogP contribution is -2.22. The average Bonchev–Trinajstić information content (AvgIpc) is 2.45. The van der Waals surface area contributed by atoms with Crippen LogP contribution in [0.15, 0.2) is 24.3 Å². The first-order valence-corrected chi connectivity index (χ1v) is 7.43. The molecule has 4 nitrogen and oxygen atoms in total. The standard InChI is InChI=1S/C16H27N3O/c1-3-4-11-19(2)12-7-10-16(20)18-15-9-6-5-8-14(15)13-17/h5-6,8-9H,3-4,7,10-13,17H2,1-2H3,(H,18,20). The van der Waals surface area contributed by atoms with Gasteiger partial charge < -0.3 is 16.0 Å². The first-order chi connectivity index (χ1) is 9.67. The van der Waals surface area contributed by atoms with E-state index in [1.807, 2.05) is 24.3 Å². The summed E-state index contributed by atoms with van der Waals surface area (Å²) in [5, 5.41) is 2.94. The van der Waals surface area contributed by atoms with E-state index in [0.717, 1.165) is 30.8 Å². The number of hydrogen-bond acceptors (Lipinski definition) is 3. The topological polar surface area (TPSA) is 58.4 Å². The van der Waals surface area contributed by atoms with E-state index in [4.69, 9.17) is 5.73 Å². The third-order valence-corrected chi connectivity index (χ3v) is 3.35. The molecule has 0 aliphatic carbocycles. The quantitative estimate of drug-likeness (QED) is 0.729. The van der Waals surface area contributed by atoms with E-state index < -0.39 is 0 Å². The van der Waals surface area contributed by atoms with Crippen molar-refractivity contribution in [2.45, 2.75) is 39.2 Å². The number of para-hydroxylation sites is 1. The van der Waals surface area contributed by atoms with E-state index in [1.54, 1.807) is 0 Å². The second-order valence-corrected chi connectivity index (χ2v) is 5.17. The third kappa shape index (κ3) is 6.17. The molecule has 1 aromatic rings. The predicted molar refractivity (Wildman–Crippen MR) is 84.6 cm³/mol. The molecule has 0 aromatic heterocycles. The van der Waals surface area contributed by atoms with Crippen molar-refractivity contribution < 1.29 is 4.79 Å². The van der Waals surface area contributed by atoms with Crippen LogP contribution in [0.3, 0.4) is 0 Å². The number of rotatable bonds is 9. The minimum atomic E-state index is 0.0646. The summed E-state index contributed by atoms with van der Waals surface area (Å²) >= 11 is 0. The van der Waals surface area contributed by atoms with Crippen LogP contribution in [-0.4, -0.2) is 30.9 Å². The molecule has 1 aromatic carbocycles. The molecule has 112 valence electrons. The lowest BCUT2D eigenvalue weighted by molar-refractivity contribution is -0.116. The molecule has 0 spiro atoms. The Morgan fingerprint density at radius 1 is 1.25 bits per heavy atom. The lowest BCUT2D eigenvalue weighted by atomic mass is 10.1. The van der Waals surface area contributed by atoms with E-state index >= 15 is 0 Å². The fourth-order valence-corrected chi connectivity index (χ4v) is 2.08. The number of benzene rings is 1. The Morgan fingerprint density at radius 2 is 1.95 bits per heavy atom. The SMILES string of the molecule is CCCCN(C)CCCC(=O)Nc1ccccc1CN. The zero-order valence-electron chi connectivity index (χ0n) is 12.7. The molecule has 0 unspecified atom stereocenters. The minimum absolute atomic E-state index is 0.0646. The van der Waals surface area contributed by atoms with Gasteiger partial charge in [0, 0.05) is 18.7 Å². The van der Waals surface area contributed by atoms with E-state index in [2.05, 4.69) is 24.2 Å². The molecule has 0 bridgehead atoms. The van der Waals surface area contributed by atoms with Gasteiger partial charge in [-0.05, 0) is 44.6 Å². The lowest BCUT2D eigenvalue weighted by Gasteiger charge is -2.15. The summed E-state index contributed by atoms with van der Waals surface area (Å²) in [7, 11) is 2.11. The van der Waals surface area contributed by atoms with Crippen LogP contribution >= 0.6 is 0 Å². The molecular formula is C16H27N3O. The first-order valence-electron chi connectivity index (χ1n) is 7.43. The number of amides is 1. The molecule has 0 saturated carbocycles. The molecule has 0 atom stereocenters. The Kier molecular flexibility index (Phi) is 7.92. The monoisotopic (exact) mass is 277 g/mol. The highest BCUT2D eigenvalue weighted by Gasteiger charge is 2.06. The molecule has 0 saturated heterocycles. The van der Waals surface area contributed by atoms with Gasteiger partial charge in [0.25, 0.3) is 0 Å². The summed E-state index contributed by atoms with van der Waals surface area (Å²) in [6.45, 7) is 4.70. The van der Waals surface area contributed by atoms with Gasteiger partial charge in [-0.2, -0.15) is 0 Å². The number of nitrogens with one attached hydrogen (secondary N) is 1. The molecule has 0 fully saturated rings. The van der Waals surface area contributed by atoms with Crippen molar-refractivity contribution in [3.8, 4) is 0 Å². The zero-order chi connectivity index (χ0) is 14.8. The van der Waals surface area contributed by atoms with Crippen LogP contribution in [0.2, 0.25) is 0 Å². The number of hydrogen-bond donors (Lipinski definition) is 2. The van der Waals surface area contributed by atoms with Gasteiger partial charge >= 0.3 is 0 Å². The van der Waals surface area contributed by atoms with Crippen LogP contribution in [0.4, 0.5) is 5.69 Å². The second-order valence-electron chi connectivity index (χ2n) is 5.17. The Hall–Kier alpha value is -1.39. The van der Waals surface area contributed by atoms with E-state index in [-0.39, 0.29) is 5.91 Å². The van der Waals surface area contributed by atoms with Crippen molar-refractivity contribution >= 4 is 11.6 Å². The van der Waals surface area contributed by atoms with Crippen LogP contribution in [-0.2, 0) is 11.3 Å². The highest BCUT2D eigenvalue weighted by Crippen LogP contribution is 2.14. The van der Waals surface area contributed by atoms with E-state index in [9.17, 15) is 4.79 Å². The number of unbranched alkanes of at least 4 members (excludes halogenated alkanes) is 1. The fraction of sp³-hybridized carbons (Fsp3) is 0.562. The fourth-order valence-electron chi connectivity index (χ4n) is 2.08. The van der Waals surface area contributed by atoms with Crippen molar-refractivity contribution in [2.75, 3.05) is 25.5 Å². The molecule has 0 aliphatic rings. The highest BCUT2D eigenvalue weighted by molar-refractivity contribution is 5.91. The van der Waals surface area contributed by atoms with E-state index in [1.165, 1.54) is 12.8 Å². The summed E-state index contributed by atoms with van der Waals surface area (Å²) in [6.07, 6.45) is 3.86. The second kappa shape index (κ2) is 9.50. The molecule has 0 heterocycles. The molecule has 1 amide bonds. The minimum Gasteiger partial charge on any atom is -0.326 e.